The summed E-state index contributed by atoms with van der Waals surface area (Å²) in [5.74, 6) is 0.00771. The Labute approximate surface area is 225 Å². The molecular formula is C28H30ClN5O4. The molecular weight excluding hydrogens is 506 g/mol. The molecule has 2 N–H and O–H groups in total. The third kappa shape index (κ3) is 4.50. The average Bonchev–Trinajstić information content (AvgIpc) is 3.31. The molecule has 0 atom stereocenters. The molecule has 9 nitrogen and oxygen atoms in total. The monoisotopic (exact) mass is 535 g/mol. The molecule has 0 aliphatic carbocycles. The number of halogens is 1. The van der Waals surface area contributed by atoms with Gasteiger partial charge in [-0.1, -0.05) is 35.0 Å². The minimum Gasteiger partial charge on any atom is -0.494 e. The van der Waals surface area contributed by atoms with E-state index in [4.69, 9.17) is 26.2 Å². The number of aromatic hydroxyl groups is 1. The molecule has 3 aliphatic rings. The second kappa shape index (κ2) is 9.03. The third-order valence-electron chi connectivity index (χ3n) is 7.07. The molecule has 1 amide bonds. The van der Waals surface area contributed by atoms with Crippen LogP contribution in [0.3, 0.4) is 0 Å². The first-order valence-corrected chi connectivity index (χ1v) is 13.1. The number of aromatic nitrogens is 1. The third-order valence-corrected chi connectivity index (χ3v) is 7.31. The van der Waals surface area contributed by atoms with Crippen molar-refractivity contribution >= 4 is 45.7 Å². The summed E-state index contributed by atoms with van der Waals surface area (Å²) in [6.07, 6.45) is -0.237. The van der Waals surface area contributed by atoms with E-state index in [9.17, 15) is 9.90 Å². The number of hydrogen-bond acceptors (Lipinski definition) is 7. The van der Waals surface area contributed by atoms with Crippen LogP contribution in [0.5, 0.6) is 5.88 Å². The Balaban J connectivity index is 1.09. The van der Waals surface area contributed by atoms with Crippen LogP contribution in [-0.2, 0) is 9.57 Å². The summed E-state index contributed by atoms with van der Waals surface area (Å²) >= 11 is 6.25. The number of nitrogens with zero attached hydrogens (tertiary/aromatic N) is 4. The lowest BCUT2D eigenvalue weighted by Gasteiger charge is -2.59. The highest BCUT2D eigenvalue weighted by molar-refractivity contribution is 6.58. The molecule has 4 heterocycles. The van der Waals surface area contributed by atoms with Crippen LogP contribution in [0.1, 0.15) is 31.9 Å². The zero-order chi connectivity index (χ0) is 26.7. The lowest BCUT2D eigenvalue weighted by Crippen LogP contribution is -2.73. The van der Waals surface area contributed by atoms with Crippen molar-refractivity contribution in [3.8, 4) is 5.88 Å². The summed E-state index contributed by atoms with van der Waals surface area (Å²) < 4.78 is 5.46. The number of likely N-dealkylation sites (tertiary alicyclic amines) is 2. The van der Waals surface area contributed by atoms with Gasteiger partial charge in [0, 0.05) is 59.6 Å². The predicted molar refractivity (Wildman–Crippen MR) is 147 cm³/mol. The number of carbonyl (C=O) groups is 1. The molecule has 2 aromatic carbocycles. The molecule has 1 aromatic heterocycles. The molecule has 198 valence electrons. The highest BCUT2D eigenvalue weighted by atomic mass is 35.5. The van der Waals surface area contributed by atoms with Gasteiger partial charge in [0.25, 0.3) is 0 Å². The first-order valence-electron chi connectivity index (χ1n) is 12.7. The fraction of sp³-hybridized carbons (Fsp3) is 0.393. The maximum absolute atomic E-state index is 12.2. The molecule has 0 radical (unpaired) electrons. The van der Waals surface area contributed by atoms with E-state index in [1.165, 1.54) is 0 Å². The number of rotatable bonds is 5. The van der Waals surface area contributed by atoms with Gasteiger partial charge in [-0.05, 0) is 45.0 Å². The molecule has 3 aliphatic heterocycles. The molecule has 2 fully saturated rings. The minimum atomic E-state index is -0.477. The Hall–Kier alpha value is -3.56. The Morgan fingerprint density at radius 1 is 1.18 bits per heavy atom. The number of aromatic amines is 1. The number of aliphatic imine (C=N–C) groups is 1. The summed E-state index contributed by atoms with van der Waals surface area (Å²) in [7, 11) is 0. The first kappa shape index (κ1) is 24.8. The van der Waals surface area contributed by atoms with Gasteiger partial charge in [0.2, 0.25) is 0 Å². The number of benzene rings is 2. The predicted octanol–water partition coefficient (Wildman–Crippen LogP) is 4.93. The van der Waals surface area contributed by atoms with E-state index < -0.39 is 5.60 Å². The Kier molecular flexibility index (Phi) is 5.88. The Morgan fingerprint density at radius 2 is 1.95 bits per heavy atom. The van der Waals surface area contributed by atoms with Crippen molar-refractivity contribution in [2.45, 2.75) is 26.4 Å². The lowest BCUT2D eigenvalue weighted by atomic mass is 9.73. The van der Waals surface area contributed by atoms with Crippen LogP contribution < -0.4 is 0 Å². The van der Waals surface area contributed by atoms with E-state index in [1.54, 1.807) is 17.0 Å². The van der Waals surface area contributed by atoms with Gasteiger partial charge < -0.3 is 24.6 Å². The Bertz CT molecular complexity index is 1470. The summed E-state index contributed by atoms with van der Waals surface area (Å²) in [4.78, 5) is 29.8. The molecule has 0 unspecified atom stereocenters. The van der Waals surface area contributed by atoms with Gasteiger partial charge in [-0.15, -0.1) is 0 Å². The van der Waals surface area contributed by atoms with Crippen LogP contribution in [0.25, 0.3) is 10.9 Å². The van der Waals surface area contributed by atoms with Crippen LogP contribution in [0.2, 0.25) is 5.02 Å². The number of H-pyrrole nitrogens is 1. The van der Waals surface area contributed by atoms with Crippen molar-refractivity contribution in [1.29, 1.82) is 0 Å². The average molecular weight is 536 g/mol. The van der Waals surface area contributed by atoms with Crippen molar-refractivity contribution in [1.82, 2.24) is 14.8 Å². The number of para-hydroxylation sites is 1. The van der Waals surface area contributed by atoms with Crippen LogP contribution in [0, 0.1) is 5.41 Å². The summed E-state index contributed by atoms with van der Waals surface area (Å²) in [5, 5.41) is 16.5. The van der Waals surface area contributed by atoms with Crippen molar-refractivity contribution in [3.05, 3.63) is 58.6 Å². The zero-order valence-electron chi connectivity index (χ0n) is 21.6. The second-order valence-electron chi connectivity index (χ2n) is 11.3. The van der Waals surface area contributed by atoms with Crippen molar-refractivity contribution < 1.29 is 19.5 Å². The molecule has 0 bridgehead atoms. The van der Waals surface area contributed by atoms with Gasteiger partial charge in [-0.3, -0.25) is 4.90 Å². The molecule has 2 saturated heterocycles. The molecule has 6 rings (SSSR count). The Morgan fingerprint density at radius 3 is 2.71 bits per heavy atom. The molecule has 3 aromatic rings. The number of nitrogens with one attached hydrogen (secondary N) is 1. The number of carbonyl (C=O) groups excluding carboxylic acids is 1. The standard InChI is InChI=1S/C28H30ClN5O4/c1-27(2,3)38-26(36)34-15-28(16-34)13-33(14-28)10-11-37-32-23-18-6-4-5-7-20(18)30-24(23)22-19-12-17(29)8-9-21(19)31-25(22)35/h4-9,12,31,35H,10-11,13-16H2,1-3H3/b32-23+. The van der Waals surface area contributed by atoms with Crippen LogP contribution in [0.15, 0.2) is 52.6 Å². The smallest absolute Gasteiger partial charge is 0.410 e. The van der Waals surface area contributed by atoms with Crippen molar-refractivity contribution in [2.24, 2.45) is 15.6 Å². The lowest BCUT2D eigenvalue weighted by molar-refractivity contribution is -0.116. The number of fused-ring (bicyclic) bond motifs is 2. The number of ether oxygens (including phenoxy) is 1. The van der Waals surface area contributed by atoms with Gasteiger partial charge in [-0.2, -0.15) is 0 Å². The minimum absolute atomic E-state index is 0.00771. The normalized spacial score (nSPS) is 19.3. The van der Waals surface area contributed by atoms with Crippen molar-refractivity contribution in [2.75, 3.05) is 39.3 Å². The number of oxime groups is 1. The largest absolute Gasteiger partial charge is 0.494 e. The fourth-order valence-electron chi connectivity index (χ4n) is 5.49. The highest BCUT2D eigenvalue weighted by Gasteiger charge is 2.53. The SMILES string of the molecule is CC(C)(C)OC(=O)N1CC2(CN(CCO/N=C3/C(c4c(O)[nH]c5ccc(Cl)cc45)=Nc4ccccc43)C2)C1. The van der Waals surface area contributed by atoms with Gasteiger partial charge >= 0.3 is 6.09 Å². The van der Waals surface area contributed by atoms with Gasteiger partial charge in [0.05, 0.1) is 11.3 Å². The topological polar surface area (TPSA) is 103 Å². The molecule has 1 spiro atoms. The second-order valence-corrected chi connectivity index (χ2v) is 11.8. The first-order chi connectivity index (χ1) is 18.1. The van der Waals surface area contributed by atoms with Gasteiger partial charge in [0.15, 0.2) is 5.88 Å². The van der Waals surface area contributed by atoms with Gasteiger partial charge in [-0.25, -0.2) is 9.79 Å². The van der Waals surface area contributed by atoms with Gasteiger partial charge in [0.1, 0.15) is 23.6 Å². The maximum atomic E-state index is 12.2. The molecule has 10 heteroatoms. The number of hydrogen-bond donors (Lipinski definition) is 2. The quantitative estimate of drug-likeness (QED) is 0.356. The molecule has 0 saturated carbocycles. The zero-order valence-corrected chi connectivity index (χ0v) is 22.4. The highest BCUT2D eigenvalue weighted by Crippen LogP contribution is 2.40. The van der Waals surface area contributed by atoms with E-state index in [0.717, 1.165) is 54.9 Å². The van der Waals surface area contributed by atoms with Crippen LogP contribution in [-0.4, -0.2) is 82.3 Å². The molecule has 38 heavy (non-hydrogen) atoms. The van der Waals surface area contributed by atoms with E-state index in [0.29, 0.717) is 28.6 Å². The summed E-state index contributed by atoms with van der Waals surface area (Å²) in [5.41, 5.74) is 3.72. The summed E-state index contributed by atoms with van der Waals surface area (Å²) in [6.45, 7) is 10.1. The van der Waals surface area contributed by atoms with Crippen molar-refractivity contribution in [3.63, 3.8) is 0 Å². The summed E-state index contributed by atoms with van der Waals surface area (Å²) in [6, 6.07) is 13.1. The van der Waals surface area contributed by atoms with Crippen LogP contribution in [0.4, 0.5) is 10.5 Å². The maximum Gasteiger partial charge on any atom is 0.410 e. The fourth-order valence-corrected chi connectivity index (χ4v) is 5.66. The van der Waals surface area contributed by atoms with E-state index in [1.807, 2.05) is 51.1 Å². The number of amides is 1. The van der Waals surface area contributed by atoms with E-state index in [-0.39, 0.29) is 17.4 Å². The van der Waals surface area contributed by atoms with E-state index in [2.05, 4.69) is 15.0 Å². The van der Waals surface area contributed by atoms with Crippen LogP contribution >= 0.6 is 11.6 Å². The van der Waals surface area contributed by atoms with E-state index >= 15 is 0 Å².